The fourth-order valence-electron chi connectivity index (χ4n) is 1.79. The van der Waals surface area contributed by atoms with Crippen LogP contribution in [0.15, 0.2) is 54.6 Å². The van der Waals surface area contributed by atoms with Crippen molar-refractivity contribution in [1.82, 2.24) is 0 Å². The maximum Gasteiger partial charge on any atom is 0.119 e. The first-order valence-electron chi connectivity index (χ1n) is 6.18. The van der Waals surface area contributed by atoms with Crippen LogP contribution in [0.3, 0.4) is 0 Å². The lowest BCUT2D eigenvalue weighted by molar-refractivity contribution is 0.308. The van der Waals surface area contributed by atoms with Gasteiger partial charge >= 0.3 is 0 Å². The molecule has 0 aromatic heterocycles. The average Bonchev–Trinajstić information content (AvgIpc) is 2.49. The molecule has 0 fully saturated rings. The third-order valence-electron chi connectivity index (χ3n) is 2.92. The summed E-state index contributed by atoms with van der Waals surface area (Å²) in [5, 5.41) is 12.2. The van der Waals surface area contributed by atoms with Crippen LogP contribution in [0.2, 0.25) is 0 Å². The van der Waals surface area contributed by atoms with Gasteiger partial charge < -0.3 is 10.1 Å². The summed E-state index contributed by atoms with van der Waals surface area (Å²) >= 11 is 0. The van der Waals surface area contributed by atoms with Gasteiger partial charge in [-0.15, -0.1) is 0 Å². The molecule has 2 rings (SSSR count). The highest BCUT2D eigenvalue weighted by Crippen LogP contribution is 2.19. The number of nitrogens with one attached hydrogen (secondary N) is 1. The van der Waals surface area contributed by atoms with Gasteiger partial charge in [0.05, 0.1) is 6.07 Å². The highest BCUT2D eigenvalue weighted by molar-refractivity contribution is 5.45. The lowest BCUT2D eigenvalue weighted by atomic mass is 10.0. The summed E-state index contributed by atoms with van der Waals surface area (Å²) in [6.07, 6.45) is 0. The first-order valence-corrected chi connectivity index (χ1v) is 6.18. The molecule has 96 valence electrons. The Morgan fingerprint density at radius 2 is 1.79 bits per heavy atom. The molecule has 1 atom stereocenters. The predicted octanol–water partition coefficient (Wildman–Crippen LogP) is 3.41. The highest BCUT2D eigenvalue weighted by atomic mass is 16.5. The van der Waals surface area contributed by atoms with Crippen molar-refractivity contribution in [3.63, 3.8) is 0 Å². The molecule has 3 heteroatoms. The quantitative estimate of drug-likeness (QED) is 0.886. The molecule has 0 bridgehead atoms. The lowest BCUT2D eigenvalue weighted by Gasteiger charge is -2.11. The van der Waals surface area contributed by atoms with Crippen LogP contribution in [0, 0.1) is 11.3 Å². The van der Waals surface area contributed by atoms with Crippen LogP contribution in [-0.2, 0) is 0 Å². The van der Waals surface area contributed by atoms with E-state index in [2.05, 4.69) is 11.4 Å². The van der Waals surface area contributed by atoms with E-state index in [0.29, 0.717) is 6.61 Å². The fourth-order valence-corrected chi connectivity index (χ4v) is 1.79. The van der Waals surface area contributed by atoms with Crippen molar-refractivity contribution in [3.05, 3.63) is 60.2 Å². The Hall–Kier alpha value is -2.47. The maximum absolute atomic E-state index is 9.20. The smallest absolute Gasteiger partial charge is 0.119 e. The van der Waals surface area contributed by atoms with Crippen LogP contribution < -0.4 is 10.1 Å². The molecule has 2 aromatic rings. The summed E-state index contributed by atoms with van der Waals surface area (Å²) in [6, 6.07) is 19.6. The molecule has 0 aliphatic heterocycles. The van der Waals surface area contributed by atoms with Gasteiger partial charge in [0, 0.05) is 12.7 Å². The molecule has 2 aromatic carbocycles. The fraction of sp³-hybridized carbons (Fsp3) is 0.188. The molecule has 0 radical (unpaired) electrons. The minimum absolute atomic E-state index is 0.245. The van der Waals surface area contributed by atoms with Crippen molar-refractivity contribution in [2.75, 3.05) is 19.0 Å². The van der Waals surface area contributed by atoms with E-state index in [-0.39, 0.29) is 5.92 Å². The topological polar surface area (TPSA) is 45.0 Å². The summed E-state index contributed by atoms with van der Waals surface area (Å²) in [4.78, 5) is 0. The average molecular weight is 252 g/mol. The van der Waals surface area contributed by atoms with Gasteiger partial charge in [-0.2, -0.15) is 5.26 Å². The van der Waals surface area contributed by atoms with E-state index in [0.717, 1.165) is 17.0 Å². The van der Waals surface area contributed by atoms with E-state index in [1.165, 1.54) is 0 Å². The van der Waals surface area contributed by atoms with Crippen molar-refractivity contribution in [2.24, 2.45) is 0 Å². The number of hydrogen-bond donors (Lipinski definition) is 1. The molecule has 1 unspecified atom stereocenters. The lowest BCUT2D eigenvalue weighted by Crippen LogP contribution is -2.08. The molecule has 0 aliphatic rings. The maximum atomic E-state index is 9.20. The largest absolute Gasteiger partial charge is 0.492 e. The van der Waals surface area contributed by atoms with Crippen LogP contribution in [0.25, 0.3) is 0 Å². The zero-order valence-corrected chi connectivity index (χ0v) is 10.8. The number of anilines is 1. The normalized spacial score (nSPS) is 11.4. The number of hydrogen-bond acceptors (Lipinski definition) is 3. The van der Waals surface area contributed by atoms with Crippen molar-refractivity contribution >= 4 is 5.69 Å². The second kappa shape index (κ2) is 6.46. The van der Waals surface area contributed by atoms with Crippen LogP contribution in [0.1, 0.15) is 11.5 Å². The van der Waals surface area contributed by atoms with Gasteiger partial charge in [-0.3, -0.25) is 0 Å². The Balaban J connectivity index is 1.98. The molecule has 0 heterocycles. The van der Waals surface area contributed by atoms with Crippen molar-refractivity contribution in [1.29, 1.82) is 5.26 Å². The Labute approximate surface area is 113 Å². The van der Waals surface area contributed by atoms with Crippen LogP contribution >= 0.6 is 0 Å². The van der Waals surface area contributed by atoms with E-state index >= 15 is 0 Å². The number of nitrogens with zero attached hydrogens (tertiary/aromatic N) is 1. The van der Waals surface area contributed by atoms with Crippen molar-refractivity contribution in [3.8, 4) is 11.8 Å². The van der Waals surface area contributed by atoms with Gasteiger partial charge in [0.15, 0.2) is 0 Å². The van der Waals surface area contributed by atoms with Crippen LogP contribution in [0.5, 0.6) is 5.75 Å². The molecule has 3 nitrogen and oxygen atoms in total. The molecule has 19 heavy (non-hydrogen) atoms. The highest BCUT2D eigenvalue weighted by Gasteiger charge is 2.10. The van der Waals surface area contributed by atoms with Crippen LogP contribution in [0.4, 0.5) is 5.69 Å². The van der Waals surface area contributed by atoms with Gasteiger partial charge in [-0.25, -0.2) is 0 Å². The third-order valence-corrected chi connectivity index (χ3v) is 2.92. The molecular formula is C16H16N2O. The van der Waals surface area contributed by atoms with Gasteiger partial charge in [-0.1, -0.05) is 30.3 Å². The molecular weight excluding hydrogens is 236 g/mol. The Kier molecular flexibility index (Phi) is 4.41. The third kappa shape index (κ3) is 3.49. The van der Waals surface area contributed by atoms with E-state index in [4.69, 9.17) is 4.74 Å². The molecule has 0 aliphatic carbocycles. The molecule has 0 spiro atoms. The summed E-state index contributed by atoms with van der Waals surface area (Å²) in [6.45, 7) is 0.361. The minimum Gasteiger partial charge on any atom is -0.492 e. The standard InChI is InChI=1S/C16H16N2O/c1-18-15-7-9-16(10-8-15)19-12-14(11-17)13-5-3-2-4-6-13/h2-10,14,18H,12H2,1H3. The molecule has 0 saturated heterocycles. The molecule has 0 amide bonds. The Bertz CT molecular complexity index is 543. The summed E-state index contributed by atoms with van der Waals surface area (Å²) in [7, 11) is 1.87. The first-order chi connectivity index (χ1) is 9.33. The monoisotopic (exact) mass is 252 g/mol. The van der Waals surface area contributed by atoms with E-state index in [1.807, 2.05) is 61.6 Å². The van der Waals surface area contributed by atoms with E-state index < -0.39 is 0 Å². The zero-order valence-electron chi connectivity index (χ0n) is 10.8. The number of ether oxygens (including phenoxy) is 1. The summed E-state index contributed by atoms with van der Waals surface area (Å²) in [5.41, 5.74) is 2.02. The Morgan fingerprint density at radius 1 is 1.11 bits per heavy atom. The number of rotatable bonds is 5. The molecule has 0 saturated carbocycles. The second-order valence-electron chi connectivity index (χ2n) is 4.18. The van der Waals surface area contributed by atoms with Gasteiger partial charge in [-0.05, 0) is 29.8 Å². The summed E-state index contributed by atoms with van der Waals surface area (Å²) in [5.74, 6) is 0.528. The van der Waals surface area contributed by atoms with E-state index in [1.54, 1.807) is 0 Å². The molecule has 1 N–H and O–H groups in total. The minimum atomic E-state index is -0.245. The Morgan fingerprint density at radius 3 is 2.37 bits per heavy atom. The van der Waals surface area contributed by atoms with Crippen molar-refractivity contribution in [2.45, 2.75) is 5.92 Å². The second-order valence-corrected chi connectivity index (χ2v) is 4.18. The van der Waals surface area contributed by atoms with Gasteiger partial charge in [0.25, 0.3) is 0 Å². The number of benzene rings is 2. The summed E-state index contributed by atoms with van der Waals surface area (Å²) < 4.78 is 5.66. The zero-order chi connectivity index (χ0) is 13.5. The predicted molar refractivity (Wildman–Crippen MR) is 76.3 cm³/mol. The van der Waals surface area contributed by atoms with Crippen molar-refractivity contribution < 1.29 is 4.74 Å². The SMILES string of the molecule is CNc1ccc(OCC(C#N)c2ccccc2)cc1. The first kappa shape index (κ1) is 13.0. The van der Waals surface area contributed by atoms with Gasteiger partial charge in [0.2, 0.25) is 0 Å². The van der Waals surface area contributed by atoms with Crippen LogP contribution in [-0.4, -0.2) is 13.7 Å². The number of nitriles is 1. The van der Waals surface area contributed by atoms with Gasteiger partial charge in [0.1, 0.15) is 18.3 Å². The van der Waals surface area contributed by atoms with E-state index in [9.17, 15) is 5.26 Å².